The number of phenolic OH excluding ortho intramolecular Hbond substituents is 1. The number of aromatic hydroxyl groups is 1. The summed E-state index contributed by atoms with van der Waals surface area (Å²) in [7, 11) is 0. The number of hydrogen-bond acceptors (Lipinski definition) is 4. The van der Waals surface area contributed by atoms with Crippen molar-refractivity contribution < 1.29 is 23.4 Å². The summed E-state index contributed by atoms with van der Waals surface area (Å²) in [6.45, 7) is 4.91. The summed E-state index contributed by atoms with van der Waals surface area (Å²) in [6.07, 6.45) is 6.67. The fourth-order valence-corrected chi connectivity index (χ4v) is 3.63. The second-order valence-electron chi connectivity index (χ2n) is 7.38. The Hall–Kier alpha value is -3.42. The van der Waals surface area contributed by atoms with Crippen LogP contribution in [0.15, 0.2) is 49.3 Å². The first kappa shape index (κ1) is 19.9. The number of benzene rings is 1. The van der Waals surface area contributed by atoms with Gasteiger partial charge in [0.15, 0.2) is 17.4 Å². The molecule has 0 bridgehead atoms. The number of imidazole rings is 1. The zero-order chi connectivity index (χ0) is 21.4. The smallest absolute Gasteiger partial charge is 0.279 e. The van der Waals surface area contributed by atoms with Crippen molar-refractivity contribution in [3.63, 3.8) is 0 Å². The third-order valence-corrected chi connectivity index (χ3v) is 5.32. The van der Waals surface area contributed by atoms with E-state index in [1.165, 1.54) is 12.1 Å². The minimum Gasteiger partial charge on any atom is -0.505 e. The van der Waals surface area contributed by atoms with Gasteiger partial charge in [0.05, 0.1) is 12.5 Å². The molecular formula is C22H21F2N3O3. The molecule has 1 fully saturated rings. The number of carbonyl (C=O) groups is 1. The monoisotopic (exact) mass is 413 g/mol. The van der Waals surface area contributed by atoms with Crippen LogP contribution in [0.25, 0.3) is 16.6 Å². The Labute approximate surface area is 171 Å². The Morgan fingerprint density at radius 3 is 2.87 bits per heavy atom. The summed E-state index contributed by atoms with van der Waals surface area (Å²) in [5, 5.41) is 12.3. The molecule has 0 spiro atoms. The zero-order valence-corrected chi connectivity index (χ0v) is 16.4. The maximum atomic E-state index is 14.0. The van der Waals surface area contributed by atoms with Gasteiger partial charge in [-0.05, 0) is 35.7 Å². The van der Waals surface area contributed by atoms with Crippen molar-refractivity contribution in [1.82, 2.24) is 14.7 Å². The second kappa shape index (κ2) is 7.78. The number of aryl methyl sites for hydroxylation is 1. The molecule has 0 atom stereocenters. The minimum atomic E-state index is -1.01. The van der Waals surface area contributed by atoms with Crippen molar-refractivity contribution in [2.24, 2.45) is 0 Å². The largest absolute Gasteiger partial charge is 0.505 e. The molecule has 1 amide bonds. The van der Waals surface area contributed by atoms with Crippen molar-refractivity contribution in [2.75, 3.05) is 0 Å². The van der Waals surface area contributed by atoms with Crippen LogP contribution >= 0.6 is 0 Å². The lowest BCUT2D eigenvalue weighted by atomic mass is 9.89. The van der Waals surface area contributed by atoms with Crippen molar-refractivity contribution in [3.05, 3.63) is 60.7 Å². The predicted molar refractivity (Wildman–Crippen MR) is 107 cm³/mol. The van der Waals surface area contributed by atoms with Gasteiger partial charge in [0, 0.05) is 30.6 Å². The van der Waals surface area contributed by atoms with Gasteiger partial charge in [-0.25, -0.2) is 13.8 Å². The Morgan fingerprint density at radius 1 is 1.40 bits per heavy atom. The van der Waals surface area contributed by atoms with E-state index in [1.54, 1.807) is 16.9 Å². The SMILES string of the molecule is C=C(F)C(=O)NC1CC(Oc2cc(-c3cc(F)c(O)cc3CC)cn3cncc23)C1. The van der Waals surface area contributed by atoms with Crippen LogP contribution in [-0.2, 0) is 11.2 Å². The molecule has 2 heterocycles. The molecule has 0 unspecified atom stereocenters. The number of rotatable bonds is 6. The number of fused-ring (bicyclic) bond motifs is 1. The average molecular weight is 413 g/mol. The van der Waals surface area contributed by atoms with E-state index in [9.17, 15) is 18.7 Å². The number of aromatic nitrogens is 2. The molecular weight excluding hydrogens is 392 g/mol. The number of halogens is 2. The molecule has 3 aromatic rings. The summed E-state index contributed by atoms with van der Waals surface area (Å²) in [4.78, 5) is 15.5. The molecule has 156 valence electrons. The van der Waals surface area contributed by atoms with Crippen LogP contribution in [0.1, 0.15) is 25.3 Å². The van der Waals surface area contributed by atoms with E-state index in [2.05, 4.69) is 16.9 Å². The Morgan fingerprint density at radius 2 is 2.17 bits per heavy atom. The number of pyridine rings is 1. The second-order valence-corrected chi connectivity index (χ2v) is 7.38. The Balaban J connectivity index is 1.60. The number of ether oxygens (including phenoxy) is 1. The quantitative estimate of drug-likeness (QED) is 0.601. The summed E-state index contributed by atoms with van der Waals surface area (Å²) >= 11 is 0. The standard InChI is InChI=1S/C22H21F2N3O3/c1-3-13-4-20(28)18(24)8-17(13)14-5-21(19-9-25-11-27(19)10-14)30-16-6-15(7-16)26-22(29)12(2)23/h4-5,8-11,15-16,28H,2-3,6-7H2,1H3,(H,26,29). The summed E-state index contributed by atoms with van der Waals surface area (Å²) in [5.41, 5.74) is 2.94. The third-order valence-electron chi connectivity index (χ3n) is 5.32. The Kier molecular flexibility index (Phi) is 5.15. The Bertz CT molecular complexity index is 1140. The van der Waals surface area contributed by atoms with Crippen molar-refractivity contribution >= 4 is 11.4 Å². The lowest BCUT2D eigenvalue weighted by Crippen LogP contribution is -2.49. The van der Waals surface area contributed by atoms with Crippen molar-refractivity contribution in [1.29, 1.82) is 0 Å². The van der Waals surface area contributed by atoms with E-state index < -0.39 is 17.6 Å². The highest BCUT2D eigenvalue weighted by Gasteiger charge is 2.33. The first-order chi connectivity index (χ1) is 14.4. The maximum Gasteiger partial charge on any atom is 0.279 e. The maximum absolute atomic E-state index is 14.0. The first-order valence-electron chi connectivity index (χ1n) is 9.65. The van der Waals surface area contributed by atoms with Crippen LogP contribution in [0.5, 0.6) is 11.5 Å². The van der Waals surface area contributed by atoms with Gasteiger partial charge in [0.1, 0.15) is 17.4 Å². The van der Waals surface area contributed by atoms with E-state index in [1.807, 2.05) is 19.2 Å². The van der Waals surface area contributed by atoms with Crippen LogP contribution in [0.3, 0.4) is 0 Å². The van der Waals surface area contributed by atoms with Crippen LogP contribution < -0.4 is 10.1 Å². The van der Waals surface area contributed by atoms with Crippen LogP contribution in [-0.4, -0.2) is 32.5 Å². The number of amides is 1. The van der Waals surface area contributed by atoms with E-state index in [0.29, 0.717) is 30.6 Å². The molecule has 2 aromatic heterocycles. The number of carbonyl (C=O) groups excluding carboxylic acids is 1. The van der Waals surface area contributed by atoms with Gasteiger partial charge in [-0.15, -0.1) is 0 Å². The molecule has 2 N–H and O–H groups in total. The fourth-order valence-electron chi connectivity index (χ4n) is 3.63. The molecule has 1 saturated carbocycles. The molecule has 6 nitrogen and oxygen atoms in total. The van der Waals surface area contributed by atoms with Gasteiger partial charge < -0.3 is 19.6 Å². The van der Waals surface area contributed by atoms with Gasteiger partial charge in [0.2, 0.25) is 0 Å². The van der Waals surface area contributed by atoms with Crippen LogP contribution in [0.2, 0.25) is 0 Å². The molecule has 8 heteroatoms. The number of phenols is 1. The molecule has 0 aliphatic heterocycles. The van der Waals surface area contributed by atoms with Gasteiger partial charge >= 0.3 is 0 Å². The van der Waals surface area contributed by atoms with Crippen LogP contribution in [0, 0.1) is 5.82 Å². The van der Waals surface area contributed by atoms with Gasteiger partial charge in [-0.1, -0.05) is 13.5 Å². The fraction of sp³-hybridized carbons (Fsp3) is 0.273. The highest BCUT2D eigenvalue weighted by atomic mass is 19.1. The summed E-state index contributed by atoms with van der Waals surface area (Å²) in [5.74, 6) is -2.32. The predicted octanol–water partition coefficient (Wildman–Crippen LogP) is 3.92. The summed E-state index contributed by atoms with van der Waals surface area (Å²) < 4.78 is 34.8. The number of nitrogens with one attached hydrogen (secondary N) is 1. The van der Waals surface area contributed by atoms with E-state index >= 15 is 0 Å². The molecule has 1 aliphatic rings. The van der Waals surface area contributed by atoms with E-state index in [4.69, 9.17) is 4.74 Å². The van der Waals surface area contributed by atoms with E-state index in [0.717, 1.165) is 16.6 Å². The summed E-state index contributed by atoms with van der Waals surface area (Å²) in [6, 6.07) is 4.39. The molecule has 1 aliphatic carbocycles. The van der Waals surface area contributed by atoms with Crippen molar-refractivity contribution in [2.45, 2.75) is 38.3 Å². The normalized spacial score (nSPS) is 18.1. The molecule has 30 heavy (non-hydrogen) atoms. The van der Waals surface area contributed by atoms with Gasteiger partial charge in [0.25, 0.3) is 5.91 Å². The van der Waals surface area contributed by atoms with E-state index in [-0.39, 0.29) is 17.9 Å². The molecule has 1 aromatic carbocycles. The van der Waals surface area contributed by atoms with Gasteiger partial charge in [-0.3, -0.25) is 4.79 Å². The van der Waals surface area contributed by atoms with Crippen LogP contribution in [0.4, 0.5) is 8.78 Å². The number of hydrogen-bond donors (Lipinski definition) is 2. The van der Waals surface area contributed by atoms with Gasteiger partial charge in [-0.2, -0.15) is 0 Å². The highest BCUT2D eigenvalue weighted by Crippen LogP contribution is 2.35. The first-order valence-corrected chi connectivity index (χ1v) is 9.65. The minimum absolute atomic E-state index is 0.153. The topological polar surface area (TPSA) is 75.9 Å². The molecule has 0 radical (unpaired) electrons. The average Bonchev–Trinajstić information content (AvgIpc) is 3.16. The molecule has 4 rings (SSSR count). The number of nitrogens with zero attached hydrogens (tertiary/aromatic N) is 2. The highest BCUT2D eigenvalue weighted by molar-refractivity contribution is 5.90. The molecule has 0 saturated heterocycles. The zero-order valence-electron chi connectivity index (χ0n) is 16.4. The van der Waals surface area contributed by atoms with Crippen molar-refractivity contribution in [3.8, 4) is 22.6 Å². The third kappa shape index (κ3) is 3.72. The lowest BCUT2D eigenvalue weighted by molar-refractivity contribution is -0.120. The lowest BCUT2D eigenvalue weighted by Gasteiger charge is -2.35.